The van der Waals surface area contributed by atoms with Crippen molar-refractivity contribution in [2.45, 2.75) is 45.1 Å². The predicted molar refractivity (Wildman–Crippen MR) is 84.1 cm³/mol. The molecule has 0 aliphatic carbocycles. The van der Waals surface area contributed by atoms with Crippen molar-refractivity contribution in [3.8, 4) is 0 Å². The number of hydrogen-bond acceptors (Lipinski definition) is 3. The first-order valence-corrected chi connectivity index (χ1v) is 8.73. The molecule has 0 aliphatic rings. The Kier molecular flexibility index (Phi) is 5.78. The first-order valence-electron chi connectivity index (χ1n) is 6.45. The number of aryl methyl sites for hydroxylation is 1. The van der Waals surface area contributed by atoms with Gasteiger partial charge in [0, 0.05) is 11.0 Å². The highest BCUT2D eigenvalue weighted by atomic mass is 79.9. The van der Waals surface area contributed by atoms with Crippen LogP contribution in [0.3, 0.4) is 0 Å². The molecule has 0 saturated heterocycles. The molecule has 20 heavy (non-hydrogen) atoms. The van der Waals surface area contributed by atoms with E-state index >= 15 is 0 Å². The van der Waals surface area contributed by atoms with Crippen LogP contribution in [0, 0.1) is 12.3 Å². The Hall–Kier alpha value is -0.430. The fraction of sp³-hybridized carbons (Fsp3) is 0.571. The summed E-state index contributed by atoms with van der Waals surface area (Å²) in [5, 5.41) is 9.88. The van der Waals surface area contributed by atoms with Crippen molar-refractivity contribution in [2.75, 3.05) is 6.54 Å². The Labute approximate surface area is 129 Å². The zero-order valence-electron chi connectivity index (χ0n) is 12.3. The number of benzene rings is 1. The smallest absolute Gasteiger partial charge is 0.240 e. The van der Waals surface area contributed by atoms with Crippen LogP contribution >= 0.6 is 15.9 Å². The number of aliphatic hydroxyl groups excluding tert-OH is 1. The van der Waals surface area contributed by atoms with Crippen molar-refractivity contribution in [1.29, 1.82) is 0 Å². The van der Waals surface area contributed by atoms with Crippen LogP contribution in [0.4, 0.5) is 0 Å². The largest absolute Gasteiger partial charge is 0.392 e. The number of halogens is 1. The average Bonchev–Trinajstić information content (AvgIpc) is 2.27. The topological polar surface area (TPSA) is 66.4 Å². The summed E-state index contributed by atoms with van der Waals surface area (Å²) in [6.07, 6.45) is -0.162. The SMILES string of the molecule is Cc1ccc(Br)cc1S(=O)(=O)NCC(O)CC(C)(C)C. The zero-order valence-corrected chi connectivity index (χ0v) is 14.7. The Bertz CT molecular complexity index is 564. The minimum absolute atomic E-state index is 0.0194. The highest BCUT2D eigenvalue weighted by Gasteiger charge is 2.21. The van der Waals surface area contributed by atoms with Gasteiger partial charge in [0.25, 0.3) is 0 Å². The molecule has 4 nitrogen and oxygen atoms in total. The van der Waals surface area contributed by atoms with Crippen LogP contribution in [0.5, 0.6) is 0 Å². The minimum Gasteiger partial charge on any atom is -0.392 e. The molecule has 1 aromatic rings. The van der Waals surface area contributed by atoms with Gasteiger partial charge in [0.05, 0.1) is 11.0 Å². The fourth-order valence-corrected chi connectivity index (χ4v) is 3.78. The third-order valence-electron chi connectivity index (χ3n) is 2.80. The third kappa shape index (κ3) is 5.52. The van der Waals surface area contributed by atoms with E-state index in [1.807, 2.05) is 20.8 Å². The van der Waals surface area contributed by atoms with Crippen LogP contribution in [-0.2, 0) is 10.0 Å². The lowest BCUT2D eigenvalue weighted by Gasteiger charge is -2.22. The van der Waals surface area contributed by atoms with Crippen molar-refractivity contribution < 1.29 is 13.5 Å². The van der Waals surface area contributed by atoms with Gasteiger partial charge < -0.3 is 5.11 Å². The second kappa shape index (κ2) is 6.56. The Morgan fingerprint density at radius 1 is 1.35 bits per heavy atom. The molecular formula is C14H22BrNO3S. The van der Waals surface area contributed by atoms with Gasteiger partial charge in [-0.2, -0.15) is 0 Å². The fourth-order valence-electron chi connectivity index (χ4n) is 1.93. The molecule has 0 aromatic heterocycles. The van der Waals surface area contributed by atoms with E-state index in [0.29, 0.717) is 16.5 Å². The van der Waals surface area contributed by atoms with Crippen LogP contribution < -0.4 is 4.72 Å². The minimum atomic E-state index is -3.60. The predicted octanol–water partition coefficient (Wildman–Crippen LogP) is 2.83. The second-order valence-corrected chi connectivity index (χ2v) is 8.83. The summed E-state index contributed by atoms with van der Waals surface area (Å²) in [7, 11) is -3.60. The van der Waals surface area contributed by atoms with E-state index in [1.54, 1.807) is 25.1 Å². The highest BCUT2D eigenvalue weighted by Crippen LogP contribution is 2.22. The van der Waals surface area contributed by atoms with E-state index < -0.39 is 16.1 Å². The van der Waals surface area contributed by atoms with Crippen LogP contribution in [-0.4, -0.2) is 26.2 Å². The summed E-state index contributed by atoms with van der Waals surface area (Å²) < 4.78 is 27.6. The molecule has 0 saturated carbocycles. The van der Waals surface area contributed by atoms with Crippen molar-refractivity contribution >= 4 is 26.0 Å². The van der Waals surface area contributed by atoms with E-state index in [0.717, 1.165) is 0 Å². The molecule has 1 unspecified atom stereocenters. The average molecular weight is 364 g/mol. The summed E-state index contributed by atoms with van der Waals surface area (Å²) >= 11 is 3.27. The van der Waals surface area contributed by atoms with Gasteiger partial charge >= 0.3 is 0 Å². The molecule has 1 rings (SSSR count). The maximum Gasteiger partial charge on any atom is 0.240 e. The molecule has 0 amide bonds. The molecular weight excluding hydrogens is 342 g/mol. The molecule has 0 heterocycles. The Morgan fingerprint density at radius 2 is 1.95 bits per heavy atom. The van der Waals surface area contributed by atoms with E-state index in [1.165, 1.54) is 0 Å². The van der Waals surface area contributed by atoms with Gasteiger partial charge in [-0.25, -0.2) is 13.1 Å². The lowest BCUT2D eigenvalue weighted by Crippen LogP contribution is -2.34. The van der Waals surface area contributed by atoms with Crippen LogP contribution in [0.2, 0.25) is 0 Å². The van der Waals surface area contributed by atoms with Crippen molar-refractivity contribution in [2.24, 2.45) is 5.41 Å². The van der Waals surface area contributed by atoms with E-state index in [4.69, 9.17) is 0 Å². The second-order valence-electron chi connectivity index (χ2n) is 6.18. The molecule has 0 aliphatic heterocycles. The summed E-state index contributed by atoms with van der Waals surface area (Å²) in [5.74, 6) is 0. The van der Waals surface area contributed by atoms with Crippen LogP contribution in [0.25, 0.3) is 0 Å². The summed E-state index contributed by atoms with van der Waals surface area (Å²) in [6, 6.07) is 5.10. The first-order chi connectivity index (χ1) is 9.01. The Balaban J connectivity index is 2.78. The molecule has 0 spiro atoms. The third-order valence-corrected chi connectivity index (χ3v) is 4.86. The van der Waals surface area contributed by atoms with E-state index in [9.17, 15) is 13.5 Å². The summed E-state index contributed by atoms with van der Waals surface area (Å²) in [4.78, 5) is 0.231. The van der Waals surface area contributed by atoms with E-state index in [-0.39, 0.29) is 16.9 Å². The molecule has 0 radical (unpaired) electrons. The summed E-state index contributed by atoms with van der Waals surface area (Å²) in [6.45, 7) is 7.77. The molecule has 1 aromatic carbocycles. The zero-order chi connectivity index (χ0) is 15.6. The van der Waals surface area contributed by atoms with Gasteiger partial charge in [-0.1, -0.05) is 42.8 Å². The maximum absolute atomic E-state index is 12.2. The highest BCUT2D eigenvalue weighted by molar-refractivity contribution is 9.10. The number of rotatable bonds is 5. The molecule has 1 atom stereocenters. The Morgan fingerprint density at radius 3 is 2.50 bits per heavy atom. The van der Waals surface area contributed by atoms with Crippen molar-refractivity contribution in [3.05, 3.63) is 28.2 Å². The number of nitrogens with one attached hydrogen (secondary N) is 1. The van der Waals surface area contributed by atoms with Gasteiger partial charge in [0.1, 0.15) is 0 Å². The van der Waals surface area contributed by atoms with Gasteiger partial charge in [-0.05, 0) is 36.5 Å². The molecule has 0 fully saturated rings. The molecule has 114 valence electrons. The van der Waals surface area contributed by atoms with Crippen LogP contribution in [0.15, 0.2) is 27.6 Å². The maximum atomic E-state index is 12.2. The van der Waals surface area contributed by atoms with Gasteiger partial charge in [0.2, 0.25) is 10.0 Å². The summed E-state index contributed by atoms with van der Waals surface area (Å²) in [5.41, 5.74) is 0.627. The lowest BCUT2D eigenvalue weighted by molar-refractivity contribution is 0.125. The number of aliphatic hydroxyl groups is 1. The quantitative estimate of drug-likeness (QED) is 0.844. The monoisotopic (exact) mass is 363 g/mol. The molecule has 2 N–H and O–H groups in total. The standard InChI is InChI=1S/C14H22BrNO3S/c1-10-5-6-11(15)7-13(10)20(18,19)16-9-12(17)8-14(2,3)4/h5-7,12,16-17H,8-9H2,1-4H3. The van der Waals surface area contributed by atoms with Gasteiger partial charge in [-0.3, -0.25) is 0 Å². The van der Waals surface area contributed by atoms with Gasteiger partial charge in [-0.15, -0.1) is 0 Å². The molecule has 0 bridgehead atoms. The normalized spacial score (nSPS) is 14.3. The lowest BCUT2D eigenvalue weighted by atomic mass is 9.89. The first kappa shape index (κ1) is 17.6. The number of hydrogen-bond donors (Lipinski definition) is 2. The van der Waals surface area contributed by atoms with Crippen LogP contribution in [0.1, 0.15) is 32.8 Å². The molecule has 6 heteroatoms. The van der Waals surface area contributed by atoms with Crippen molar-refractivity contribution in [3.63, 3.8) is 0 Å². The van der Waals surface area contributed by atoms with Crippen molar-refractivity contribution in [1.82, 2.24) is 4.72 Å². The number of sulfonamides is 1. The van der Waals surface area contributed by atoms with Gasteiger partial charge in [0.15, 0.2) is 0 Å². The van der Waals surface area contributed by atoms with E-state index in [2.05, 4.69) is 20.7 Å².